The highest BCUT2D eigenvalue weighted by Gasteiger charge is 2.12. The van der Waals surface area contributed by atoms with Gasteiger partial charge in [-0.3, -0.25) is 4.79 Å². The van der Waals surface area contributed by atoms with Gasteiger partial charge in [-0.05, 0) is 40.8 Å². The number of anilines is 1. The van der Waals surface area contributed by atoms with Crippen molar-refractivity contribution < 1.29 is 9.53 Å². The third-order valence-corrected chi connectivity index (χ3v) is 3.85. The molecule has 0 saturated carbocycles. The van der Waals surface area contributed by atoms with Crippen molar-refractivity contribution in [1.29, 1.82) is 0 Å². The van der Waals surface area contributed by atoms with Gasteiger partial charge >= 0.3 is 0 Å². The summed E-state index contributed by atoms with van der Waals surface area (Å²) < 4.78 is 5.11. The molecule has 2 rings (SSSR count). The maximum absolute atomic E-state index is 11.9. The first kappa shape index (κ1) is 17.9. The van der Waals surface area contributed by atoms with Gasteiger partial charge in [-0.15, -0.1) is 0 Å². The molecule has 2 N–H and O–H groups in total. The fraction of sp³-hybridized carbons (Fsp3) is 0.350. The van der Waals surface area contributed by atoms with E-state index in [2.05, 4.69) is 43.5 Å². The fourth-order valence-electron chi connectivity index (χ4n) is 2.28. The number of carbonyl (C=O) groups excluding carboxylic acids is 1. The number of rotatable bonds is 6. The van der Waals surface area contributed by atoms with Crippen molar-refractivity contribution in [2.24, 2.45) is 0 Å². The van der Waals surface area contributed by atoms with Crippen molar-refractivity contribution in [1.82, 2.24) is 5.32 Å². The van der Waals surface area contributed by atoms with Crippen LogP contribution >= 0.6 is 0 Å². The van der Waals surface area contributed by atoms with E-state index in [-0.39, 0.29) is 17.9 Å². The summed E-state index contributed by atoms with van der Waals surface area (Å²) in [5, 5.41) is 6.05. The lowest BCUT2D eigenvalue weighted by molar-refractivity contribution is -0.119. The molecule has 128 valence electrons. The van der Waals surface area contributed by atoms with Crippen molar-refractivity contribution in [2.75, 3.05) is 19.0 Å². The first-order chi connectivity index (χ1) is 11.4. The van der Waals surface area contributed by atoms with Gasteiger partial charge in [-0.2, -0.15) is 0 Å². The highest BCUT2D eigenvalue weighted by Crippen LogP contribution is 2.23. The van der Waals surface area contributed by atoms with E-state index < -0.39 is 0 Å². The average Bonchev–Trinajstić information content (AvgIpc) is 2.58. The summed E-state index contributed by atoms with van der Waals surface area (Å²) in [5.74, 6) is 0.774. The van der Waals surface area contributed by atoms with E-state index in [1.165, 1.54) is 5.56 Å². The Labute approximate surface area is 144 Å². The van der Waals surface area contributed by atoms with Crippen LogP contribution in [-0.4, -0.2) is 19.6 Å². The lowest BCUT2D eigenvalue weighted by Gasteiger charge is -2.19. The van der Waals surface area contributed by atoms with Gasteiger partial charge in [0, 0.05) is 12.2 Å². The lowest BCUT2D eigenvalue weighted by Crippen LogP contribution is -2.29. The number of hydrogen-bond donors (Lipinski definition) is 2. The Morgan fingerprint density at radius 3 is 2.17 bits per heavy atom. The minimum Gasteiger partial charge on any atom is -0.497 e. The number of methoxy groups -OCH3 is 1. The minimum atomic E-state index is -0.0364. The first-order valence-corrected chi connectivity index (χ1v) is 8.12. The standard InChI is InChI=1S/C20H26N2O2/c1-20(2,3)16-7-9-17(10-8-16)21-14-19(23)22-13-15-5-11-18(24-4)12-6-15/h5-12,21H,13-14H2,1-4H3,(H,22,23). The molecule has 0 saturated heterocycles. The maximum atomic E-state index is 11.9. The summed E-state index contributed by atoms with van der Waals surface area (Å²) in [6.07, 6.45) is 0. The molecule has 0 bridgehead atoms. The number of benzene rings is 2. The van der Waals surface area contributed by atoms with E-state index in [9.17, 15) is 4.79 Å². The van der Waals surface area contributed by atoms with Crippen LogP contribution in [0, 0.1) is 0 Å². The second-order valence-electron chi connectivity index (χ2n) is 6.81. The Morgan fingerprint density at radius 2 is 1.62 bits per heavy atom. The summed E-state index contributed by atoms with van der Waals surface area (Å²) in [6.45, 7) is 7.31. The fourth-order valence-corrected chi connectivity index (χ4v) is 2.28. The van der Waals surface area contributed by atoms with Crippen molar-refractivity contribution >= 4 is 11.6 Å². The number of nitrogens with one attached hydrogen (secondary N) is 2. The SMILES string of the molecule is COc1ccc(CNC(=O)CNc2ccc(C(C)(C)C)cc2)cc1. The van der Waals surface area contributed by atoms with Gasteiger partial charge < -0.3 is 15.4 Å². The average molecular weight is 326 g/mol. The van der Waals surface area contributed by atoms with Gasteiger partial charge in [-0.1, -0.05) is 45.0 Å². The van der Waals surface area contributed by atoms with Crippen LogP contribution in [0.1, 0.15) is 31.9 Å². The lowest BCUT2D eigenvalue weighted by atomic mass is 9.87. The van der Waals surface area contributed by atoms with Crippen molar-refractivity contribution in [3.05, 3.63) is 59.7 Å². The van der Waals surface area contributed by atoms with Crippen LogP contribution in [0.5, 0.6) is 5.75 Å². The molecule has 0 unspecified atom stereocenters. The molecule has 0 aliphatic carbocycles. The summed E-state index contributed by atoms with van der Waals surface area (Å²) in [6, 6.07) is 15.9. The molecule has 0 atom stereocenters. The van der Waals surface area contributed by atoms with E-state index in [4.69, 9.17) is 4.74 Å². The zero-order valence-electron chi connectivity index (χ0n) is 14.8. The molecule has 0 aromatic heterocycles. The monoisotopic (exact) mass is 326 g/mol. The second kappa shape index (κ2) is 7.86. The smallest absolute Gasteiger partial charge is 0.239 e. The van der Waals surface area contributed by atoms with E-state index >= 15 is 0 Å². The Balaban J connectivity index is 1.78. The number of carbonyl (C=O) groups is 1. The molecule has 2 aromatic rings. The summed E-state index contributed by atoms with van der Waals surface area (Å²) in [7, 11) is 1.64. The van der Waals surface area contributed by atoms with Gasteiger partial charge in [0.05, 0.1) is 13.7 Å². The molecule has 2 aromatic carbocycles. The molecule has 0 aliphatic rings. The van der Waals surface area contributed by atoms with Crippen molar-refractivity contribution in [2.45, 2.75) is 32.7 Å². The Bertz CT molecular complexity index is 656. The van der Waals surface area contributed by atoms with Gasteiger partial charge in [-0.25, -0.2) is 0 Å². The van der Waals surface area contributed by atoms with Gasteiger partial charge in [0.1, 0.15) is 5.75 Å². The van der Waals surface area contributed by atoms with E-state index in [1.807, 2.05) is 36.4 Å². The molecule has 4 nitrogen and oxygen atoms in total. The number of hydrogen-bond acceptors (Lipinski definition) is 3. The summed E-state index contributed by atoms with van der Waals surface area (Å²) in [5.41, 5.74) is 3.40. The quantitative estimate of drug-likeness (QED) is 0.850. The molecule has 1 amide bonds. The summed E-state index contributed by atoms with van der Waals surface area (Å²) in [4.78, 5) is 11.9. The Morgan fingerprint density at radius 1 is 1.00 bits per heavy atom. The normalized spacial score (nSPS) is 11.0. The third-order valence-electron chi connectivity index (χ3n) is 3.85. The zero-order valence-corrected chi connectivity index (χ0v) is 14.8. The largest absolute Gasteiger partial charge is 0.497 e. The second-order valence-corrected chi connectivity index (χ2v) is 6.81. The molecular weight excluding hydrogens is 300 g/mol. The van der Waals surface area contributed by atoms with E-state index in [1.54, 1.807) is 7.11 Å². The van der Waals surface area contributed by atoms with Crippen LogP contribution in [0.25, 0.3) is 0 Å². The molecule has 4 heteroatoms. The molecule has 0 aliphatic heterocycles. The van der Waals surface area contributed by atoms with Crippen molar-refractivity contribution in [3.8, 4) is 5.75 Å². The number of amides is 1. The highest BCUT2D eigenvalue weighted by molar-refractivity contribution is 5.80. The topological polar surface area (TPSA) is 50.4 Å². The van der Waals surface area contributed by atoms with Crippen LogP contribution in [0.4, 0.5) is 5.69 Å². The van der Waals surface area contributed by atoms with Crippen LogP contribution in [-0.2, 0) is 16.8 Å². The Hall–Kier alpha value is -2.49. The summed E-state index contributed by atoms with van der Waals surface area (Å²) >= 11 is 0. The van der Waals surface area contributed by atoms with Gasteiger partial charge in [0.15, 0.2) is 0 Å². The van der Waals surface area contributed by atoms with Gasteiger partial charge in [0.2, 0.25) is 5.91 Å². The van der Waals surface area contributed by atoms with E-state index in [0.717, 1.165) is 17.0 Å². The first-order valence-electron chi connectivity index (χ1n) is 8.12. The zero-order chi connectivity index (χ0) is 17.6. The molecule has 0 spiro atoms. The third kappa shape index (κ3) is 5.30. The van der Waals surface area contributed by atoms with Crippen LogP contribution < -0.4 is 15.4 Å². The molecule has 24 heavy (non-hydrogen) atoms. The molecule has 0 heterocycles. The van der Waals surface area contributed by atoms with Crippen LogP contribution in [0.2, 0.25) is 0 Å². The van der Waals surface area contributed by atoms with E-state index in [0.29, 0.717) is 6.54 Å². The highest BCUT2D eigenvalue weighted by atomic mass is 16.5. The minimum absolute atomic E-state index is 0.0364. The van der Waals surface area contributed by atoms with Crippen LogP contribution in [0.3, 0.4) is 0 Å². The molecular formula is C20H26N2O2. The van der Waals surface area contributed by atoms with Crippen molar-refractivity contribution in [3.63, 3.8) is 0 Å². The van der Waals surface area contributed by atoms with Crippen LogP contribution in [0.15, 0.2) is 48.5 Å². The predicted molar refractivity (Wildman–Crippen MR) is 98.5 cm³/mol. The Kier molecular flexibility index (Phi) is 5.85. The molecule has 0 fully saturated rings. The van der Waals surface area contributed by atoms with Gasteiger partial charge in [0.25, 0.3) is 0 Å². The number of ether oxygens (including phenoxy) is 1. The maximum Gasteiger partial charge on any atom is 0.239 e. The molecule has 0 radical (unpaired) electrons. The predicted octanol–water partition coefficient (Wildman–Crippen LogP) is 3.72.